The number of Topliss-reactive ketones (excluding diaryl/α,β-unsaturated/α-hetero) is 1. The molecule has 1 aromatic heterocycles. The predicted molar refractivity (Wildman–Crippen MR) is 157 cm³/mol. The Balaban J connectivity index is 1.83. The number of carbonyl (C=O) groups excluding carboxylic acids is 3. The van der Waals surface area contributed by atoms with E-state index in [1.54, 1.807) is 55.5 Å². The van der Waals surface area contributed by atoms with Gasteiger partial charge in [0, 0.05) is 5.56 Å². The smallest absolute Gasteiger partial charge is 0.350 e. The number of hydrogen-bond donors (Lipinski definition) is 1. The summed E-state index contributed by atoms with van der Waals surface area (Å²) < 4.78 is 16.5. The lowest BCUT2D eigenvalue weighted by molar-refractivity contribution is -0.132. The van der Waals surface area contributed by atoms with Gasteiger partial charge in [0.2, 0.25) is 0 Å². The summed E-state index contributed by atoms with van der Waals surface area (Å²) in [6.07, 6.45) is 3.35. The third-order valence-corrected chi connectivity index (χ3v) is 7.47. The second-order valence-electron chi connectivity index (χ2n) is 9.20. The van der Waals surface area contributed by atoms with Crippen molar-refractivity contribution in [3.63, 3.8) is 0 Å². The number of nitrogens with zero attached hydrogens (tertiary/aromatic N) is 2. The summed E-state index contributed by atoms with van der Waals surface area (Å²) in [4.78, 5) is 45.5. The van der Waals surface area contributed by atoms with Gasteiger partial charge in [-0.1, -0.05) is 61.6 Å². The molecule has 2 aromatic carbocycles. The predicted octanol–water partition coefficient (Wildman–Crippen LogP) is 6.00. The first-order chi connectivity index (χ1) is 19.8. The molecule has 2 heterocycles. The molecular weight excluding hydrogens is 544 g/mol. The maximum Gasteiger partial charge on any atom is 0.350 e. The normalized spacial score (nSPS) is 16.1. The van der Waals surface area contributed by atoms with Crippen molar-refractivity contribution in [1.29, 1.82) is 0 Å². The van der Waals surface area contributed by atoms with Gasteiger partial charge in [-0.15, -0.1) is 0 Å². The molecule has 1 aliphatic rings. The molecule has 1 aliphatic heterocycles. The second-order valence-corrected chi connectivity index (χ2v) is 10.2. The molecule has 0 radical (unpaired) electrons. The van der Waals surface area contributed by atoms with E-state index in [0.29, 0.717) is 41.5 Å². The van der Waals surface area contributed by atoms with Gasteiger partial charge < -0.3 is 19.3 Å². The van der Waals surface area contributed by atoms with Gasteiger partial charge in [-0.3, -0.25) is 14.5 Å². The number of aliphatic hydroxyl groups is 1. The zero-order valence-electron chi connectivity index (χ0n) is 23.2. The number of ether oxygens (including phenoxy) is 3. The first-order valence-electron chi connectivity index (χ1n) is 13.3. The summed E-state index contributed by atoms with van der Waals surface area (Å²) in [5.74, 6) is -1.56. The number of aliphatic hydroxyl groups excluding tert-OH is 1. The number of anilines is 1. The first kappa shape index (κ1) is 29.5. The van der Waals surface area contributed by atoms with E-state index in [-0.39, 0.29) is 27.9 Å². The van der Waals surface area contributed by atoms with E-state index in [4.69, 9.17) is 14.2 Å². The van der Waals surface area contributed by atoms with Crippen molar-refractivity contribution >= 4 is 39.9 Å². The molecule has 1 saturated heterocycles. The van der Waals surface area contributed by atoms with Gasteiger partial charge in [0.05, 0.1) is 30.5 Å². The van der Waals surface area contributed by atoms with Crippen molar-refractivity contribution in [2.45, 2.75) is 39.7 Å². The molecule has 214 valence electrons. The Morgan fingerprint density at radius 3 is 2.56 bits per heavy atom. The minimum Gasteiger partial charge on any atom is -0.507 e. The number of esters is 1. The topological polar surface area (TPSA) is 115 Å². The molecule has 0 bridgehead atoms. The largest absolute Gasteiger partial charge is 0.507 e. The number of amides is 1. The Labute approximate surface area is 242 Å². The van der Waals surface area contributed by atoms with Gasteiger partial charge in [0.15, 0.2) is 5.13 Å². The summed E-state index contributed by atoms with van der Waals surface area (Å²) in [5.41, 5.74) is 1.12. The molecule has 1 atom stereocenters. The lowest BCUT2D eigenvalue weighted by Gasteiger charge is -2.23. The number of thiazole rings is 1. The zero-order valence-corrected chi connectivity index (χ0v) is 24.0. The fraction of sp³-hybridized carbons (Fsp3) is 0.290. The number of aryl methyl sites for hydroxylation is 1. The molecule has 1 unspecified atom stereocenters. The van der Waals surface area contributed by atoms with Crippen LogP contribution in [0.4, 0.5) is 5.13 Å². The van der Waals surface area contributed by atoms with E-state index >= 15 is 0 Å². The maximum atomic E-state index is 13.5. The van der Waals surface area contributed by atoms with Crippen molar-refractivity contribution in [2.75, 3.05) is 24.7 Å². The third kappa shape index (κ3) is 6.33. The molecule has 1 amide bonds. The number of ketones is 1. The van der Waals surface area contributed by atoms with Gasteiger partial charge in [-0.05, 0) is 50.1 Å². The fourth-order valence-electron chi connectivity index (χ4n) is 4.36. The highest BCUT2D eigenvalue weighted by molar-refractivity contribution is 7.17. The molecule has 41 heavy (non-hydrogen) atoms. The Bertz CT molecular complexity index is 1480. The minimum atomic E-state index is -1.02. The minimum absolute atomic E-state index is 0.0174. The van der Waals surface area contributed by atoms with Crippen LogP contribution in [0.1, 0.15) is 59.2 Å². The summed E-state index contributed by atoms with van der Waals surface area (Å²) in [7, 11) is 0. The van der Waals surface area contributed by atoms with Crippen LogP contribution in [0.3, 0.4) is 0 Å². The Hall–Kier alpha value is -4.44. The Kier molecular flexibility index (Phi) is 9.57. The Morgan fingerprint density at radius 2 is 1.88 bits per heavy atom. The van der Waals surface area contributed by atoms with Crippen LogP contribution in [0.5, 0.6) is 11.5 Å². The molecule has 1 N–H and O–H groups in total. The van der Waals surface area contributed by atoms with Crippen LogP contribution in [0, 0.1) is 6.92 Å². The standard InChI is InChI=1S/C31H32N2O7S/c1-5-8-17-39-22-14-12-20(13-15-22)25-24(26(34)21-10-9-11-23(18-21)38-7-3)27(35)29(36)33(25)31-32-19(4)28(41-31)30(37)40-16-6-2/h6,9-15,18,25,34H,2,5,7-8,16-17H2,1,3-4H3. The molecular formula is C31H32N2O7S. The van der Waals surface area contributed by atoms with Gasteiger partial charge >= 0.3 is 11.9 Å². The number of rotatable bonds is 12. The molecule has 9 nitrogen and oxygen atoms in total. The SMILES string of the molecule is C=CCOC(=O)c1sc(N2C(=O)C(=O)C(=C(O)c3cccc(OCC)c3)C2c2ccc(OCCCC)cc2)nc1C. The number of unbranched alkanes of at least 4 members (excludes halogenated alkanes) is 1. The molecule has 10 heteroatoms. The van der Waals surface area contributed by atoms with E-state index in [0.717, 1.165) is 24.2 Å². The van der Waals surface area contributed by atoms with E-state index in [2.05, 4.69) is 18.5 Å². The van der Waals surface area contributed by atoms with Crippen molar-refractivity contribution in [1.82, 2.24) is 4.98 Å². The van der Waals surface area contributed by atoms with Crippen LogP contribution >= 0.6 is 11.3 Å². The van der Waals surface area contributed by atoms with E-state index < -0.39 is 23.7 Å². The molecule has 0 saturated carbocycles. The number of hydrogen-bond acceptors (Lipinski definition) is 9. The van der Waals surface area contributed by atoms with E-state index in [1.165, 1.54) is 11.0 Å². The third-order valence-electron chi connectivity index (χ3n) is 6.33. The number of benzene rings is 2. The van der Waals surface area contributed by atoms with Crippen molar-refractivity contribution in [3.05, 3.63) is 88.5 Å². The van der Waals surface area contributed by atoms with E-state index in [1.807, 2.05) is 6.92 Å². The van der Waals surface area contributed by atoms with Gasteiger partial charge in [-0.2, -0.15) is 0 Å². The van der Waals surface area contributed by atoms with Crippen molar-refractivity contribution in [3.8, 4) is 11.5 Å². The van der Waals surface area contributed by atoms with Crippen LogP contribution < -0.4 is 14.4 Å². The Morgan fingerprint density at radius 1 is 1.12 bits per heavy atom. The summed E-state index contributed by atoms with van der Waals surface area (Å²) in [5, 5.41) is 11.6. The second kappa shape index (κ2) is 13.3. The molecule has 0 spiro atoms. The lowest BCUT2D eigenvalue weighted by Crippen LogP contribution is -2.29. The van der Waals surface area contributed by atoms with Crippen molar-refractivity contribution in [2.24, 2.45) is 0 Å². The number of aromatic nitrogens is 1. The monoisotopic (exact) mass is 576 g/mol. The summed E-state index contributed by atoms with van der Waals surface area (Å²) in [6.45, 7) is 10.1. The highest BCUT2D eigenvalue weighted by atomic mass is 32.1. The molecule has 0 aliphatic carbocycles. The first-order valence-corrected chi connectivity index (χ1v) is 14.1. The summed E-state index contributed by atoms with van der Waals surface area (Å²) in [6, 6.07) is 12.7. The van der Waals surface area contributed by atoms with Crippen LogP contribution in [0.25, 0.3) is 5.76 Å². The zero-order chi connectivity index (χ0) is 29.5. The summed E-state index contributed by atoms with van der Waals surface area (Å²) >= 11 is 0.939. The number of carbonyl (C=O) groups is 3. The molecule has 3 aromatic rings. The maximum absolute atomic E-state index is 13.5. The van der Waals surface area contributed by atoms with Gasteiger partial charge in [0.1, 0.15) is 28.7 Å². The molecule has 4 rings (SSSR count). The molecule has 1 fully saturated rings. The van der Waals surface area contributed by atoms with Gasteiger partial charge in [-0.25, -0.2) is 9.78 Å². The van der Waals surface area contributed by atoms with Crippen molar-refractivity contribution < 1.29 is 33.7 Å². The highest BCUT2D eigenvalue weighted by Crippen LogP contribution is 2.44. The fourth-order valence-corrected chi connectivity index (χ4v) is 5.34. The van der Waals surface area contributed by atoms with E-state index in [9.17, 15) is 19.5 Å². The van der Waals surface area contributed by atoms with Crippen LogP contribution in [0.2, 0.25) is 0 Å². The lowest BCUT2D eigenvalue weighted by atomic mass is 9.95. The highest BCUT2D eigenvalue weighted by Gasteiger charge is 2.48. The average molecular weight is 577 g/mol. The van der Waals surface area contributed by atoms with Crippen LogP contribution in [0.15, 0.2) is 66.8 Å². The van der Waals surface area contributed by atoms with Gasteiger partial charge in [0.25, 0.3) is 5.78 Å². The average Bonchev–Trinajstić information content (AvgIpc) is 3.48. The van der Waals surface area contributed by atoms with Crippen LogP contribution in [-0.2, 0) is 14.3 Å². The van der Waals surface area contributed by atoms with Crippen LogP contribution in [-0.4, -0.2) is 47.6 Å². The quantitative estimate of drug-likeness (QED) is 0.0697.